The number of carboxylic acid groups (broad SMARTS) is 1. The van der Waals surface area contributed by atoms with Crippen LogP contribution in [0.15, 0.2) is 24.3 Å². The normalized spacial score (nSPS) is 28.5. The van der Waals surface area contributed by atoms with E-state index in [4.69, 9.17) is 9.84 Å². The zero-order valence-electron chi connectivity index (χ0n) is 12.6. The highest BCUT2D eigenvalue weighted by Gasteiger charge is 2.40. The molecule has 0 aromatic heterocycles. The van der Waals surface area contributed by atoms with Crippen LogP contribution in [0, 0.1) is 5.92 Å². The lowest BCUT2D eigenvalue weighted by Crippen LogP contribution is -2.47. The summed E-state index contributed by atoms with van der Waals surface area (Å²) in [4.78, 5) is 13.2. The van der Waals surface area contributed by atoms with E-state index in [0.717, 1.165) is 38.1 Å². The predicted molar refractivity (Wildman–Crippen MR) is 81.5 cm³/mol. The van der Waals surface area contributed by atoms with E-state index in [9.17, 15) is 9.90 Å². The molecule has 0 radical (unpaired) electrons. The summed E-state index contributed by atoms with van der Waals surface area (Å²) < 4.78 is 5.85. The molecule has 22 heavy (non-hydrogen) atoms. The van der Waals surface area contributed by atoms with Gasteiger partial charge in [0.25, 0.3) is 0 Å². The molecule has 0 spiro atoms. The average molecular weight is 305 g/mol. The average Bonchev–Trinajstić information content (AvgIpc) is 2.93. The molecule has 1 unspecified atom stereocenters. The van der Waals surface area contributed by atoms with Crippen molar-refractivity contribution in [3.63, 3.8) is 0 Å². The minimum absolute atomic E-state index is 0.0702. The SMILES string of the molecule is O=C(O)Cc1ccc(CN2CCOC3C[C@H](CO)C[C@@H]32)cc1. The number of carbonyl (C=O) groups is 1. The molecular formula is C17H23NO4. The number of nitrogens with zero attached hydrogens (tertiary/aromatic N) is 1. The fraction of sp³-hybridized carbons (Fsp3) is 0.588. The van der Waals surface area contributed by atoms with Gasteiger partial charge in [-0.15, -0.1) is 0 Å². The molecule has 3 atom stereocenters. The van der Waals surface area contributed by atoms with Crippen molar-refractivity contribution < 1.29 is 19.7 Å². The van der Waals surface area contributed by atoms with Crippen molar-refractivity contribution in [1.29, 1.82) is 0 Å². The zero-order chi connectivity index (χ0) is 15.5. The van der Waals surface area contributed by atoms with Crippen molar-refractivity contribution >= 4 is 5.97 Å². The minimum Gasteiger partial charge on any atom is -0.481 e. The van der Waals surface area contributed by atoms with Gasteiger partial charge in [-0.2, -0.15) is 0 Å². The van der Waals surface area contributed by atoms with Crippen LogP contribution in [0.1, 0.15) is 24.0 Å². The van der Waals surface area contributed by atoms with Gasteiger partial charge in [0.1, 0.15) is 0 Å². The number of fused-ring (bicyclic) bond motifs is 1. The molecule has 2 N–H and O–H groups in total. The number of morpholine rings is 1. The third-order valence-electron chi connectivity index (χ3n) is 4.77. The molecule has 5 nitrogen and oxygen atoms in total. The van der Waals surface area contributed by atoms with E-state index in [2.05, 4.69) is 4.90 Å². The molecule has 5 heteroatoms. The van der Waals surface area contributed by atoms with E-state index in [1.54, 1.807) is 0 Å². The molecule has 1 saturated carbocycles. The predicted octanol–water partition coefficient (Wildman–Crippen LogP) is 1.29. The zero-order valence-corrected chi connectivity index (χ0v) is 12.6. The summed E-state index contributed by atoms with van der Waals surface area (Å²) in [6.45, 7) is 2.76. The molecule has 1 aliphatic heterocycles. The lowest BCUT2D eigenvalue weighted by molar-refractivity contribution is -0.136. The molecule has 1 aromatic rings. The second-order valence-corrected chi connectivity index (χ2v) is 6.35. The van der Waals surface area contributed by atoms with Gasteiger partial charge in [0.05, 0.1) is 19.1 Å². The maximum atomic E-state index is 10.7. The summed E-state index contributed by atoms with van der Waals surface area (Å²) in [5, 5.41) is 18.2. The summed E-state index contributed by atoms with van der Waals surface area (Å²) in [6, 6.07) is 8.21. The van der Waals surface area contributed by atoms with E-state index < -0.39 is 5.97 Å². The van der Waals surface area contributed by atoms with Crippen molar-refractivity contribution in [1.82, 2.24) is 4.90 Å². The van der Waals surface area contributed by atoms with Gasteiger partial charge in [-0.3, -0.25) is 9.69 Å². The fourth-order valence-corrected chi connectivity index (χ4v) is 3.64. The quantitative estimate of drug-likeness (QED) is 0.858. The van der Waals surface area contributed by atoms with Crippen molar-refractivity contribution in [2.45, 2.75) is 38.0 Å². The summed E-state index contributed by atoms with van der Waals surface area (Å²) in [6.07, 6.45) is 2.27. The summed E-state index contributed by atoms with van der Waals surface area (Å²) in [7, 11) is 0. The molecule has 1 aromatic carbocycles. The first-order chi connectivity index (χ1) is 10.7. The van der Waals surface area contributed by atoms with Crippen LogP contribution < -0.4 is 0 Å². The Balaban J connectivity index is 1.63. The molecule has 120 valence electrons. The smallest absolute Gasteiger partial charge is 0.307 e. The number of aliphatic hydroxyl groups is 1. The van der Waals surface area contributed by atoms with Gasteiger partial charge >= 0.3 is 5.97 Å². The topological polar surface area (TPSA) is 70.0 Å². The Morgan fingerprint density at radius 2 is 1.95 bits per heavy atom. The van der Waals surface area contributed by atoms with Crippen LogP contribution >= 0.6 is 0 Å². The number of hydrogen-bond acceptors (Lipinski definition) is 4. The maximum absolute atomic E-state index is 10.7. The lowest BCUT2D eigenvalue weighted by Gasteiger charge is -2.37. The second kappa shape index (κ2) is 6.77. The van der Waals surface area contributed by atoms with Crippen LogP contribution in [-0.2, 0) is 22.5 Å². The van der Waals surface area contributed by atoms with E-state index in [1.165, 1.54) is 5.56 Å². The number of carboxylic acids is 1. The summed E-state index contributed by atoms with van der Waals surface area (Å²) in [5.74, 6) is -0.446. The molecule has 1 saturated heterocycles. The molecule has 2 fully saturated rings. The first-order valence-electron chi connectivity index (χ1n) is 7.92. The van der Waals surface area contributed by atoms with Gasteiger partial charge in [-0.05, 0) is 29.9 Å². The van der Waals surface area contributed by atoms with Crippen molar-refractivity contribution in [2.75, 3.05) is 19.8 Å². The Hall–Kier alpha value is -1.43. The van der Waals surface area contributed by atoms with Crippen LogP contribution in [-0.4, -0.2) is 53.0 Å². The fourth-order valence-electron chi connectivity index (χ4n) is 3.64. The number of rotatable bonds is 5. The van der Waals surface area contributed by atoms with Crippen LogP contribution in [0.3, 0.4) is 0 Å². The van der Waals surface area contributed by atoms with Crippen LogP contribution in [0.25, 0.3) is 0 Å². The van der Waals surface area contributed by atoms with E-state index in [1.807, 2.05) is 24.3 Å². The largest absolute Gasteiger partial charge is 0.481 e. The van der Waals surface area contributed by atoms with Crippen LogP contribution in [0.5, 0.6) is 0 Å². The Morgan fingerprint density at radius 3 is 2.64 bits per heavy atom. The molecule has 0 amide bonds. The molecular weight excluding hydrogens is 282 g/mol. The van der Waals surface area contributed by atoms with Gasteiger partial charge in [0.2, 0.25) is 0 Å². The highest BCUT2D eigenvalue weighted by Crippen LogP contribution is 2.34. The standard InChI is InChI=1S/C17H23NO4/c19-11-14-7-15-16(8-14)22-6-5-18(15)10-13-3-1-12(2-4-13)9-17(20)21/h1-4,14-16,19H,5-11H2,(H,20,21)/t14-,15+,16?/m1/s1. The second-order valence-electron chi connectivity index (χ2n) is 6.35. The van der Waals surface area contributed by atoms with Crippen molar-refractivity contribution in [3.05, 3.63) is 35.4 Å². The number of hydrogen-bond donors (Lipinski definition) is 2. The van der Waals surface area contributed by atoms with Crippen molar-refractivity contribution in [2.24, 2.45) is 5.92 Å². The van der Waals surface area contributed by atoms with Gasteiger partial charge in [0.15, 0.2) is 0 Å². The Kier molecular flexibility index (Phi) is 4.76. The van der Waals surface area contributed by atoms with Gasteiger partial charge < -0.3 is 14.9 Å². The van der Waals surface area contributed by atoms with Crippen LogP contribution in [0.2, 0.25) is 0 Å². The molecule has 1 aliphatic carbocycles. The lowest BCUT2D eigenvalue weighted by atomic mass is 10.1. The van der Waals surface area contributed by atoms with E-state index >= 15 is 0 Å². The van der Waals surface area contributed by atoms with Gasteiger partial charge in [-0.25, -0.2) is 0 Å². The van der Waals surface area contributed by atoms with Crippen LogP contribution in [0.4, 0.5) is 0 Å². The van der Waals surface area contributed by atoms with Crippen molar-refractivity contribution in [3.8, 4) is 0 Å². The Bertz CT molecular complexity index is 516. The third kappa shape index (κ3) is 3.48. The van der Waals surface area contributed by atoms with Gasteiger partial charge in [0, 0.05) is 25.7 Å². The molecule has 0 bridgehead atoms. The summed E-state index contributed by atoms with van der Waals surface area (Å²) >= 11 is 0. The molecule has 2 aliphatic rings. The maximum Gasteiger partial charge on any atom is 0.307 e. The highest BCUT2D eigenvalue weighted by atomic mass is 16.5. The summed E-state index contributed by atoms with van der Waals surface area (Å²) in [5.41, 5.74) is 2.03. The van der Waals surface area contributed by atoms with E-state index in [0.29, 0.717) is 12.0 Å². The first kappa shape index (κ1) is 15.5. The molecule has 1 heterocycles. The first-order valence-corrected chi connectivity index (χ1v) is 7.92. The number of aliphatic carboxylic acids is 1. The number of aliphatic hydroxyl groups excluding tert-OH is 1. The number of ether oxygens (including phenoxy) is 1. The Morgan fingerprint density at radius 1 is 1.23 bits per heavy atom. The molecule has 3 rings (SSSR count). The Labute approximate surface area is 130 Å². The number of benzene rings is 1. The highest BCUT2D eigenvalue weighted by molar-refractivity contribution is 5.70. The third-order valence-corrected chi connectivity index (χ3v) is 4.77. The minimum atomic E-state index is -0.801. The van der Waals surface area contributed by atoms with Gasteiger partial charge in [-0.1, -0.05) is 24.3 Å². The monoisotopic (exact) mass is 305 g/mol. The van der Waals surface area contributed by atoms with E-state index in [-0.39, 0.29) is 19.1 Å².